The van der Waals surface area contributed by atoms with E-state index in [0.29, 0.717) is 0 Å². The number of amides is 1. The summed E-state index contributed by atoms with van der Waals surface area (Å²) in [5.41, 5.74) is 0.0527. The molecular formula is C12H15ClF2N2O. The summed E-state index contributed by atoms with van der Waals surface area (Å²) in [4.78, 5) is 13.5. The molecule has 1 fully saturated rings. The molecule has 3 nitrogen and oxygen atoms in total. The molecule has 1 heterocycles. The van der Waals surface area contributed by atoms with E-state index in [9.17, 15) is 13.6 Å². The van der Waals surface area contributed by atoms with Gasteiger partial charge in [-0.05, 0) is 25.1 Å². The smallest absolute Gasteiger partial charge is 0.254 e. The average Bonchev–Trinajstić information content (AvgIpc) is 2.79. The Hall–Kier alpha value is -1.20. The molecule has 18 heavy (non-hydrogen) atoms. The molecule has 1 aliphatic heterocycles. The first-order valence-corrected chi connectivity index (χ1v) is 5.52. The van der Waals surface area contributed by atoms with Crippen LogP contribution in [0, 0.1) is 11.6 Å². The SMILES string of the molecule is CN(C(=O)c1cc(F)cc(F)c1)C1CCNC1.Cl. The van der Waals surface area contributed by atoms with Crippen molar-refractivity contribution in [2.45, 2.75) is 12.5 Å². The summed E-state index contributed by atoms with van der Waals surface area (Å²) in [5.74, 6) is -1.81. The van der Waals surface area contributed by atoms with Crippen LogP contribution in [0.25, 0.3) is 0 Å². The first-order chi connectivity index (χ1) is 8.08. The highest BCUT2D eigenvalue weighted by Gasteiger charge is 2.24. The van der Waals surface area contributed by atoms with Crippen LogP contribution in [0.3, 0.4) is 0 Å². The topological polar surface area (TPSA) is 32.3 Å². The second-order valence-electron chi connectivity index (χ2n) is 4.22. The minimum absolute atomic E-state index is 0. The van der Waals surface area contributed by atoms with Crippen molar-refractivity contribution >= 4 is 18.3 Å². The lowest BCUT2D eigenvalue weighted by atomic mass is 10.1. The van der Waals surface area contributed by atoms with Gasteiger partial charge >= 0.3 is 0 Å². The Morgan fingerprint density at radius 1 is 1.33 bits per heavy atom. The Kier molecular flexibility index (Phi) is 5.04. The molecule has 2 rings (SSSR count). The zero-order chi connectivity index (χ0) is 12.4. The monoisotopic (exact) mass is 276 g/mol. The van der Waals surface area contributed by atoms with Gasteiger partial charge in [-0.1, -0.05) is 0 Å². The highest BCUT2D eigenvalue weighted by molar-refractivity contribution is 5.94. The second kappa shape index (κ2) is 6.11. The van der Waals surface area contributed by atoms with Gasteiger partial charge in [-0.15, -0.1) is 12.4 Å². The van der Waals surface area contributed by atoms with Crippen LogP contribution in [-0.2, 0) is 0 Å². The summed E-state index contributed by atoms with van der Waals surface area (Å²) in [6.45, 7) is 1.58. The summed E-state index contributed by atoms with van der Waals surface area (Å²) in [5, 5.41) is 3.14. The van der Waals surface area contributed by atoms with Crippen LogP contribution in [-0.4, -0.2) is 37.0 Å². The lowest BCUT2D eigenvalue weighted by molar-refractivity contribution is 0.0742. The van der Waals surface area contributed by atoms with Crippen molar-refractivity contribution in [3.05, 3.63) is 35.4 Å². The van der Waals surface area contributed by atoms with Crippen LogP contribution in [0.2, 0.25) is 0 Å². The predicted molar refractivity (Wildman–Crippen MR) is 67.0 cm³/mol. The lowest BCUT2D eigenvalue weighted by Gasteiger charge is -2.23. The number of benzene rings is 1. The van der Waals surface area contributed by atoms with E-state index in [1.54, 1.807) is 7.05 Å². The van der Waals surface area contributed by atoms with E-state index in [0.717, 1.165) is 37.7 Å². The van der Waals surface area contributed by atoms with Gasteiger partial charge in [0.2, 0.25) is 0 Å². The number of likely N-dealkylation sites (N-methyl/N-ethyl adjacent to an activating group) is 1. The molecule has 0 saturated carbocycles. The van der Waals surface area contributed by atoms with Gasteiger partial charge in [-0.3, -0.25) is 4.79 Å². The number of hydrogen-bond donors (Lipinski definition) is 1. The summed E-state index contributed by atoms with van der Waals surface area (Å²) in [6.07, 6.45) is 0.861. The molecule has 1 N–H and O–H groups in total. The maximum Gasteiger partial charge on any atom is 0.254 e. The molecule has 0 aliphatic carbocycles. The third-order valence-electron chi connectivity index (χ3n) is 3.01. The Bertz CT molecular complexity index is 416. The molecule has 1 aliphatic rings. The molecule has 0 radical (unpaired) electrons. The first kappa shape index (κ1) is 14.9. The molecular weight excluding hydrogens is 262 g/mol. The average molecular weight is 277 g/mol. The van der Waals surface area contributed by atoms with E-state index in [1.165, 1.54) is 4.90 Å². The molecule has 1 aromatic rings. The molecule has 100 valence electrons. The van der Waals surface area contributed by atoms with Crippen LogP contribution < -0.4 is 5.32 Å². The Morgan fingerprint density at radius 2 is 1.94 bits per heavy atom. The van der Waals surface area contributed by atoms with Crippen molar-refractivity contribution in [2.75, 3.05) is 20.1 Å². The number of carbonyl (C=O) groups excluding carboxylic acids is 1. The van der Waals surface area contributed by atoms with Crippen LogP contribution >= 0.6 is 12.4 Å². The van der Waals surface area contributed by atoms with Gasteiger partial charge in [0, 0.05) is 31.3 Å². The fourth-order valence-electron chi connectivity index (χ4n) is 2.02. The van der Waals surface area contributed by atoms with E-state index in [1.807, 2.05) is 0 Å². The highest BCUT2D eigenvalue weighted by Crippen LogP contribution is 2.14. The lowest BCUT2D eigenvalue weighted by Crippen LogP contribution is -2.38. The van der Waals surface area contributed by atoms with E-state index < -0.39 is 11.6 Å². The quantitative estimate of drug-likeness (QED) is 0.894. The molecule has 0 spiro atoms. The molecule has 0 bridgehead atoms. The fraction of sp³-hybridized carbons (Fsp3) is 0.417. The fourth-order valence-corrected chi connectivity index (χ4v) is 2.02. The standard InChI is InChI=1S/C12H14F2N2O.ClH/c1-16(11-2-3-15-7-11)12(17)8-4-9(13)6-10(14)5-8;/h4-6,11,15H,2-3,7H2,1H3;1H. The molecule has 1 aromatic carbocycles. The molecule has 1 amide bonds. The minimum atomic E-state index is -0.730. The van der Waals surface area contributed by atoms with Gasteiger partial charge in [0.1, 0.15) is 11.6 Å². The zero-order valence-electron chi connectivity index (χ0n) is 9.95. The number of carbonyl (C=O) groups is 1. The number of halogens is 3. The van der Waals surface area contributed by atoms with Gasteiger partial charge in [0.15, 0.2) is 0 Å². The van der Waals surface area contributed by atoms with Crippen molar-refractivity contribution in [1.82, 2.24) is 10.2 Å². The maximum atomic E-state index is 13.0. The summed E-state index contributed by atoms with van der Waals surface area (Å²) < 4.78 is 26.0. The first-order valence-electron chi connectivity index (χ1n) is 5.52. The van der Waals surface area contributed by atoms with E-state index >= 15 is 0 Å². The van der Waals surface area contributed by atoms with Gasteiger partial charge in [-0.25, -0.2) is 8.78 Å². The molecule has 1 atom stereocenters. The number of nitrogens with zero attached hydrogens (tertiary/aromatic N) is 1. The third-order valence-corrected chi connectivity index (χ3v) is 3.01. The van der Waals surface area contributed by atoms with Crippen LogP contribution in [0.15, 0.2) is 18.2 Å². The highest BCUT2D eigenvalue weighted by atomic mass is 35.5. The van der Waals surface area contributed by atoms with Gasteiger partial charge in [-0.2, -0.15) is 0 Å². The van der Waals surface area contributed by atoms with Gasteiger partial charge in [0.25, 0.3) is 5.91 Å². The molecule has 1 unspecified atom stereocenters. The van der Waals surface area contributed by atoms with Crippen molar-refractivity contribution in [2.24, 2.45) is 0 Å². The number of rotatable bonds is 2. The number of nitrogens with one attached hydrogen (secondary N) is 1. The van der Waals surface area contributed by atoms with Crippen LogP contribution in [0.4, 0.5) is 8.78 Å². The number of hydrogen-bond acceptors (Lipinski definition) is 2. The normalized spacial score (nSPS) is 18.3. The minimum Gasteiger partial charge on any atom is -0.337 e. The summed E-state index contributed by atoms with van der Waals surface area (Å²) >= 11 is 0. The molecule has 1 saturated heterocycles. The van der Waals surface area contributed by atoms with Crippen LogP contribution in [0.1, 0.15) is 16.8 Å². The summed E-state index contributed by atoms with van der Waals surface area (Å²) in [7, 11) is 1.66. The van der Waals surface area contributed by atoms with Crippen LogP contribution in [0.5, 0.6) is 0 Å². The van der Waals surface area contributed by atoms with Crippen molar-refractivity contribution < 1.29 is 13.6 Å². The molecule has 0 aromatic heterocycles. The van der Waals surface area contributed by atoms with Gasteiger partial charge in [0.05, 0.1) is 0 Å². The van der Waals surface area contributed by atoms with Crippen molar-refractivity contribution in [3.63, 3.8) is 0 Å². The maximum absolute atomic E-state index is 13.0. The van der Waals surface area contributed by atoms with E-state index in [-0.39, 0.29) is 29.9 Å². The van der Waals surface area contributed by atoms with Crippen molar-refractivity contribution in [3.8, 4) is 0 Å². The second-order valence-corrected chi connectivity index (χ2v) is 4.22. The summed E-state index contributed by atoms with van der Waals surface area (Å²) in [6, 6.07) is 2.97. The largest absolute Gasteiger partial charge is 0.337 e. The van der Waals surface area contributed by atoms with Gasteiger partial charge < -0.3 is 10.2 Å². The van der Waals surface area contributed by atoms with E-state index in [4.69, 9.17) is 0 Å². The van der Waals surface area contributed by atoms with Crippen molar-refractivity contribution in [1.29, 1.82) is 0 Å². The predicted octanol–water partition coefficient (Wildman–Crippen LogP) is 1.82. The third kappa shape index (κ3) is 3.17. The Labute approximate surface area is 111 Å². The Balaban J connectivity index is 0.00000162. The Morgan fingerprint density at radius 3 is 2.44 bits per heavy atom. The molecule has 6 heteroatoms. The van der Waals surface area contributed by atoms with E-state index in [2.05, 4.69) is 5.32 Å². The zero-order valence-corrected chi connectivity index (χ0v) is 10.8.